The van der Waals surface area contributed by atoms with Gasteiger partial charge in [0.25, 0.3) is 5.91 Å². The van der Waals surface area contributed by atoms with Gasteiger partial charge in [-0.25, -0.2) is 15.0 Å². The van der Waals surface area contributed by atoms with Gasteiger partial charge in [0, 0.05) is 11.3 Å². The molecule has 0 aliphatic carbocycles. The van der Waals surface area contributed by atoms with Gasteiger partial charge < -0.3 is 29.6 Å². The summed E-state index contributed by atoms with van der Waals surface area (Å²) < 4.78 is 23.5. The Balaban J connectivity index is 1.36. The molecule has 1 atom stereocenters. The number of allylic oxidation sites excluding steroid dienone is 1. The number of hydrogen-bond acceptors (Lipinski definition) is 9. The molecule has 3 N–H and O–H groups in total. The molecular formula is C32H29Br2N5O7. The lowest BCUT2D eigenvalue weighted by atomic mass is 9.95. The molecule has 0 fully saturated rings. The summed E-state index contributed by atoms with van der Waals surface area (Å²) in [4.78, 5) is 37.2. The number of hydrazone groups is 1. The molecule has 3 amide bonds. The van der Waals surface area contributed by atoms with E-state index >= 15 is 0 Å². The van der Waals surface area contributed by atoms with Crippen LogP contribution in [0.2, 0.25) is 0 Å². The standard InChI is InChI=1S/C32H29Br2N5O7/c1-4-44-31(41)28-18(2)37-32(42)38-29(28)20-9-10-25(26(13-20)43-3)45-17-27(40)39-36-15-19-11-23(33)30(24(34)12-19)46-16-22-8-6-5-7-21(22)14-35/h5-13,15,29H,4,16-17H2,1-3H3,(H,39,40)(H2,37,38,42)/b36-15-/t29-/m0/s1. The first kappa shape index (κ1) is 34.0. The first-order valence-corrected chi connectivity index (χ1v) is 15.4. The van der Waals surface area contributed by atoms with Crippen LogP contribution in [0, 0.1) is 11.3 Å². The monoisotopic (exact) mass is 753 g/mol. The second-order valence-electron chi connectivity index (χ2n) is 9.65. The van der Waals surface area contributed by atoms with Gasteiger partial charge in [0.1, 0.15) is 12.4 Å². The number of nitrogens with zero attached hydrogens (tertiary/aromatic N) is 2. The number of nitriles is 1. The van der Waals surface area contributed by atoms with E-state index in [1.165, 1.54) is 13.3 Å². The van der Waals surface area contributed by atoms with Gasteiger partial charge >= 0.3 is 12.0 Å². The zero-order chi connectivity index (χ0) is 33.2. The molecule has 0 bridgehead atoms. The van der Waals surface area contributed by atoms with Gasteiger partial charge in [-0.1, -0.05) is 24.3 Å². The first-order valence-electron chi connectivity index (χ1n) is 13.8. The second kappa shape index (κ2) is 15.9. The number of rotatable bonds is 12. The van der Waals surface area contributed by atoms with Crippen LogP contribution in [0.5, 0.6) is 17.2 Å². The Labute approximate surface area is 282 Å². The third kappa shape index (κ3) is 8.43. The molecule has 0 spiro atoms. The molecule has 4 rings (SSSR count). The molecule has 0 aromatic heterocycles. The Morgan fingerprint density at radius 3 is 2.52 bits per heavy atom. The minimum absolute atomic E-state index is 0.176. The van der Waals surface area contributed by atoms with Crippen LogP contribution in [-0.4, -0.2) is 44.4 Å². The van der Waals surface area contributed by atoms with Crippen LogP contribution in [0.1, 0.15) is 42.1 Å². The van der Waals surface area contributed by atoms with E-state index in [2.05, 4.69) is 59.1 Å². The number of urea groups is 1. The van der Waals surface area contributed by atoms with E-state index in [0.29, 0.717) is 37.1 Å². The molecule has 1 heterocycles. The summed E-state index contributed by atoms with van der Waals surface area (Å²) in [5.74, 6) is 0.0233. The van der Waals surface area contributed by atoms with Gasteiger partial charge in [0.2, 0.25) is 0 Å². The minimum Gasteiger partial charge on any atom is -0.493 e. The first-order chi connectivity index (χ1) is 22.1. The van der Waals surface area contributed by atoms with Crippen molar-refractivity contribution in [2.24, 2.45) is 5.10 Å². The Morgan fingerprint density at radius 2 is 1.83 bits per heavy atom. The molecule has 0 radical (unpaired) electrons. The fourth-order valence-corrected chi connectivity index (χ4v) is 5.91. The zero-order valence-corrected chi connectivity index (χ0v) is 28.2. The van der Waals surface area contributed by atoms with E-state index in [0.717, 1.165) is 5.56 Å². The number of amides is 3. The maximum absolute atomic E-state index is 12.6. The molecule has 46 heavy (non-hydrogen) atoms. The highest BCUT2D eigenvalue weighted by atomic mass is 79.9. The summed E-state index contributed by atoms with van der Waals surface area (Å²) in [6.07, 6.45) is 1.46. The average Bonchev–Trinajstić information content (AvgIpc) is 3.03. The number of hydrogen-bond donors (Lipinski definition) is 3. The van der Waals surface area contributed by atoms with Gasteiger partial charge in [-0.05, 0) is 87.2 Å². The molecule has 0 saturated heterocycles. The number of carbonyl (C=O) groups is 3. The molecule has 1 aliphatic heterocycles. The minimum atomic E-state index is -0.783. The van der Waals surface area contributed by atoms with E-state index in [9.17, 15) is 19.6 Å². The number of methoxy groups -OCH3 is 1. The van der Waals surface area contributed by atoms with Gasteiger partial charge in [-0.3, -0.25) is 4.79 Å². The number of esters is 1. The van der Waals surface area contributed by atoms with Crippen molar-refractivity contribution in [2.75, 3.05) is 20.3 Å². The van der Waals surface area contributed by atoms with Crippen LogP contribution in [0.4, 0.5) is 4.79 Å². The summed E-state index contributed by atoms with van der Waals surface area (Å²) in [5.41, 5.74) is 5.58. The Kier molecular flexibility index (Phi) is 11.8. The lowest BCUT2D eigenvalue weighted by molar-refractivity contribution is -0.139. The van der Waals surface area contributed by atoms with E-state index in [1.807, 2.05) is 12.1 Å². The van der Waals surface area contributed by atoms with E-state index in [-0.39, 0.29) is 36.9 Å². The summed E-state index contributed by atoms with van der Waals surface area (Å²) in [6.45, 7) is 3.33. The molecule has 238 valence electrons. The number of carbonyl (C=O) groups excluding carboxylic acids is 3. The summed E-state index contributed by atoms with van der Waals surface area (Å²) in [5, 5.41) is 18.6. The normalized spacial score (nSPS) is 14.2. The van der Waals surface area contributed by atoms with E-state index in [1.54, 1.807) is 56.3 Å². The Morgan fingerprint density at radius 1 is 1.09 bits per heavy atom. The van der Waals surface area contributed by atoms with Gasteiger partial charge in [-0.2, -0.15) is 10.4 Å². The lowest BCUT2D eigenvalue weighted by Gasteiger charge is -2.28. The van der Waals surface area contributed by atoms with Crippen molar-refractivity contribution in [3.8, 4) is 23.3 Å². The van der Waals surface area contributed by atoms with Crippen molar-refractivity contribution in [1.29, 1.82) is 5.26 Å². The predicted molar refractivity (Wildman–Crippen MR) is 175 cm³/mol. The molecule has 0 saturated carbocycles. The fraction of sp³-hybridized carbons (Fsp3) is 0.219. The zero-order valence-electron chi connectivity index (χ0n) is 25.0. The highest BCUT2D eigenvalue weighted by Crippen LogP contribution is 2.36. The Bertz CT molecular complexity index is 1730. The third-order valence-corrected chi connectivity index (χ3v) is 7.76. The molecular weight excluding hydrogens is 726 g/mol. The third-order valence-electron chi connectivity index (χ3n) is 6.58. The maximum Gasteiger partial charge on any atom is 0.338 e. The summed E-state index contributed by atoms with van der Waals surface area (Å²) >= 11 is 6.99. The van der Waals surface area contributed by atoms with Crippen molar-refractivity contribution in [3.05, 3.63) is 97.1 Å². The van der Waals surface area contributed by atoms with Gasteiger partial charge in [0.15, 0.2) is 18.1 Å². The molecule has 3 aromatic rings. The lowest BCUT2D eigenvalue weighted by Crippen LogP contribution is -2.45. The number of ether oxygens (including phenoxy) is 4. The Hall–Kier alpha value is -4.87. The van der Waals surface area contributed by atoms with Crippen molar-refractivity contribution < 1.29 is 33.3 Å². The highest BCUT2D eigenvalue weighted by molar-refractivity contribution is 9.11. The van der Waals surface area contributed by atoms with Crippen molar-refractivity contribution in [3.63, 3.8) is 0 Å². The smallest absolute Gasteiger partial charge is 0.338 e. The molecule has 12 nitrogen and oxygen atoms in total. The average molecular weight is 755 g/mol. The van der Waals surface area contributed by atoms with E-state index < -0.39 is 23.9 Å². The topological polar surface area (TPSA) is 160 Å². The van der Waals surface area contributed by atoms with Crippen molar-refractivity contribution in [1.82, 2.24) is 16.1 Å². The second-order valence-corrected chi connectivity index (χ2v) is 11.4. The van der Waals surface area contributed by atoms with Crippen LogP contribution in [-0.2, 0) is 20.9 Å². The summed E-state index contributed by atoms with van der Waals surface area (Å²) in [7, 11) is 1.43. The van der Waals surface area contributed by atoms with Gasteiger partial charge in [-0.15, -0.1) is 0 Å². The SMILES string of the molecule is CCOC(=O)C1=C(C)NC(=O)N[C@H]1c1ccc(OCC(=O)N/N=C\c2cc(Br)c(OCc3ccccc3C#N)c(Br)c2)c(OC)c1. The number of benzene rings is 3. The van der Waals surface area contributed by atoms with Gasteiger partial charge in [0.05, 0.1) is 52.1 Å². The van der Waals surface area contributed by atoms with E-state index in [4.69, 9.17) is 18.9 Å². The van der Waals surface area contributed by atoms with Crippen LogP contribution >= 0.6 is 31.9 Å². The number of nitrogens with one attached hydrogen (secondary N) is 3. The van der Waals surface area contributed by atoms with Crippen LogP contribution in [0.25, 0.3) is 0 Å². The van der Waals surface area contributed by atoms with Crippen LogP contribution < -0.4 is 30.3 Å². The predicted octanol–water partition coefficient (Wildman–Crippen LogP) is 5.39. The quantitative estimate of drug-likeness (QED) is 0.126. The molecule has 1 aliphatic rings. The summed E-state index contributed by atoms with van der Waals surface area (Å²) in [6, 6.07) is 16.5. The van der Waals surface area contributed by atoms with Crippen LogP contribution in [0.15, 0.2) is 79.9 Å². The largest absolute Gasteiger partial charge is 0.493 e. The van der Waals surface area contributed by atoms with Crippen molar-refractivity contribution >= 4 is 56.0 Å². The highest BCUT2D eigenvalue weighted by Gasteiger charge is 2.32. The van der Waals surface area contributed by atoms with Crippen LogP contribution in [0.3, 0.4) is 0 Å². The van der Waals surface area contributed by atoms with Crippen molar-refractivity contribution in [2.45, 2.75) is 26.5 Å². The fourth-order valence-electron chi connectivity index (χ4n) is 4.46. The maximum atomic E-state index is 12.6. The molecule has 0 unspecified atom stereocenters. The number of halogens is 2. The molecule has 14 heteroatoms. The molecule has 3 aromatic carbocycles.